The van der Waals surface area contributed by atoms with Crippen LogP contribution < -0.4 is 15.4 Å². The average molecular weight is 349 g/mol. The Morgan fingerprint density at radius 2 is 1.92 bits per heavy atom. The van der Waals surface area contributed by atoms with E-state index in [0.29, 0.717) is 12.4 Å². The molecular formula is C19H19N5O2. The van der Waals surface area contributed by atoms with Crippen LogP contribution in [0.2, 0.25) is 0 Å². The molecule has 0 fully saturated rings. The van der Waals surface area contributed by atoms with Gasteiger partial charge in [-0.2, -0.15) is 0 Å². The zero-order chi connectivity index (χ0) is 18.2. The Hall–Kier alpha value is -3.48. The zero-order valence-corrected chi connectivity index (χ0v) is 14.3. The summed E-state index contributed by atoms with van der Waals surface area (Å²) in [5.41, 5.74) is 2.51. The second-order valence-electron chi connectivity index (χ2n) is 5.47. The smallest absolute Gasteiger partial charge is 0.239 e. The number of nitrogens with zero attached hydrogens (tertiary/aromatic N) is 3. The Labute approximate surface area is 151 Å². The van der Waals surface area contributed by atoms with E-state index in [1.807, 2.05) is 42.5 Å². The van der Waals surface area contributed by atoms with E-state index in [1.165, 1.54) is 6.33 Å². The normalized spacial score (nSPS) is 10.2. The van der Waals surface area contributed by atoms with Gasteiger partial charge in [-0.1, -0.05) is 6.07 Å². The monoisotopic (exact) mass is 349 g/mol. The number of carbonyl (C=O) groups excluding carboxylic acids is 1. The highest BCUT2D eigenvalue weighted by molar-refractivity contribution is 5.80. The highest BCUT2D eigenvalue weighted by Gasteiger charge is 2.05. The molecule has 7 heteroatoms. The summed E-state index contributed by atoms with van der Waals surface area (Å²) in [7, 11) is 1.63. The fraction of sp³-hybridized carbons (Fsp3) is 0.158. The van der Waals surface area contributed by atoms with Gasteiger partial charge in [0.15, 0.2) is 0 Å². The maximum absolute atomic E-state index is 12.0. The minimum Gasteiger partial charge on any atom is -0.497 e. The molecule has 1 aromatic carbocycles. The molecule has 3 aromatic rings. The molecule has 0 bridgehead atoms. The second-order valence-corrected chi connectivity index (χ2v) is 5.47. The maximum atomic E-state index is 12.0. The molecule has 0 saturated heterocycles. The van der Waals surface area contributed by atoms with Crippen LogP contribution in [0.4, 0.5) is 5.82 Å². The summed E-state index contributed by atoms with van der Waals surface area (Å²) in [5.74, 6) is 1.23. The Balaban J connectivity index is 1.55. The molecule has 0 aliphatic carbocycles. The minimum atomic E-state index is -0.139. The van der Waals surface area contributed by atoms with Crippen LogP contribution >= 0.6 is 0 Å². The minimum absolute atomic E-state index is 0.117. The van der Waals surface area contributed by atoms with Crippen LogP contribution in [0.25, 0.3) is 11.3 Å². The van der Waals surface area contributed by atoms with Crippen molar-refractivity contribution >= 4 is 11.7 Å². The van der Waals surface area contributed by atoms with Gasteiger partial charge in [0.05, 0.1) is 31.6 Å². The van der Waals surface area contributed by atoms with Crippen LogP contribution in [-0.4, -0.2) is 34.5 Å². The van der Waals surface area contributed by atoms with Crippen LogP contribution in [0.3, 0.4) is 0 Å². The molecule has 2 heterocycles. The molecule has 0 saturated carbocycles. The van der Waals surface area contributed by atoms with E-state index in [4.69, 9.17) is 4.74 Å². The summed E-state index contributed by atoms with van der Waals surface area (Å²) >= 11 is 0. The van der Waals surface area contributed by atoms with Gasteiger partial charge in [0.25, 0.3) is 0 Å². The second kappa shape index (κ2) is 8.57. The van der Waals surface area contributed by atoms with Gasteiger partial charge in [-0.25, -0.2) is 9.97 Å². The summed E-state index contributed by atoms with van der Waals surface area (Å²) in [4.78, 5) is 24.5. The van der Waals surface area contributed by atoms with E-state index < -0.39 is 0 Å². The number of aromatic nitrogens is 3. The lowest BCUT2D eigenvalue weighted by atomic mass is 10.1. The largest absolute Gasteiger partial charge is 0.497 e. The molecule has 26 heavy (non-hydrogen) atoms. The highest BCUT2D eigenvalue weighted by Crippen LogP contribution is 2.21. The third-order valence-corrected chi connectivity index (χ3v) is 3.68. The Morgan fingerprint density at radius 3 is 2.65 bits per heavy atom. The van der Waals surface area contributed by atoms with E-state index in [0.717, 1.165) is 22.7 Å². The van der Waals surface area contributed by atoms with Gasteiger partial charge in [0.2, 0.25) is 5.91 Å². The van der Waals surface area contributed by atoms with Crippen molar-refractivity contribution in [3.63, 3.8) is 0 Å². The van der Waals surface area contributed by atoms with Crippen LogP contribution in [0.5, 0.6) is 5.75 Å². The third kappa shape index (κ3) is 4.76. The van der Waals surface area contributed by atoms with Gasteiger partial charge >= 0.3 is 0 Å². The van der Waals surface area contributed by atoms with Crippen LogP contribution in [-0.2, 0) is 11.3 Å². The molecule has 0 atom stereocenters. The van der Waals surface area contributed by atoms with Gasteiger partial charge in [-0.3, -0.25) is 9.78 Å². The van der Waals surface area contributed by atoms with Crippen LogP contribution in [0, 0.1) is 0 Å². The lowest BCUT2D eigenvalue weighted by molar-refractivity contribution is -0.119. The first-order valence-corrected chi connectivity index (χ1v) is 8.11. The van der Waals surface area contributed by atoms with Gasteiger partial charge in [-0.05, 0) is 36.4 Å². The molecule has 2 aromatic heterocycles. The summed E-state index contributed by atoms with van der Waals surface area (Å²) in [6.45, 7) is 0.508. The van der Waals surface area contributed by atoms with E-state index in [-0.39, 0.29) is 12.5 Å². The Morgan fingerprint density at radius 1 is 1.08 bits per heavy atom. The number of rotatable bonds is 7. The topological polar surface area (TPSA) is 89.0 Å². The van der Waals surface area contributed by atoms with E-state index in [2.05, 4.69) is 25.6 Å². The van der Waals surface area contributed by atoms with Crippen molar-refractivity contribution in [3.8, 4) is 17.0 Å². The van der Waals surface area contributed by atoms with Gasteiger partial charge < -0.3 is 15.4 Å². The van der Waals surface area contributed by atoms with Crippen molar-refractivity contribution in [2.45, 2.75) is 6.54 Å². The first-order valence-electron chi connectivity index (χ1n) is 8.11. The SMILES string of the molecule is COc1ccc(-c2cc(NCC(=O)NCc3ccccn3)ncn2)cc1. The molecule has 0 aliphatic heterocycles. The number of pyridine rings is 1. The van der Waals surface area contributed by atoms with E-state index in [9.17, 15) is 4.79 Å². The number of amides is 1. The summed E-state index contributed by atoms with van der Waals surface area (Å²) in [6, 6.07) is 15.0. The van der Waals surface area contributed by atoms with E-state index in [1.54, 1.807) is 19.4 Å². The maximum Gasteiger partial charge on any atom is 0.239 e. The molecule has 0 radical (unpaired) electrons. The van der Waals surface area contributed by atoms with Crippen LogP contribution in [0.1, 0.15) is 5.69 Å². The molecule has 0 aliphatic rings. The Kier molecular flexibility index (Phi) is 5.72. The first kappa shape index (κ1) is 17.3. The fourth-order valence-corrected chi connectivity index (χ4v) is 2.30. The zero-order valence-electron chi connectivity index (χ0n) is 14.3. The number of benzene rings is 1. The standard InChI is InChI=1S/C19H19N5O2/c1-26-16-7-5-14(6-8-16)17-10-18(24-13-23-17)21-12-19(25)22-11-15-4-2-3-9-20-15/h2-10,13H,11-12H2,1H3,(H,22,25)(H,21,23,24). The summed E-state index contributed by atoms with van der Waals surface area (Å²) < 4.78 is 5.15. The van der Waals surface area contributed by atoms with Gasteiger partial charge in [-0.15, -0.1) is 0 Å². The fourth-order valence-electron chi connectivity index (χ4n) is 2.30. The molecular weight excluding hydrogens is 330 g/mol. The molecule has 132 valence electrons. The van der Waals surface area contributed by atoms with Crippen molar-refractivity contribution in [1.82, 2.24) is 20.3 Å². The van der Waals surface area contributed by atoms with Crippen molar-refractivity contribution in [2.75, 3.05) is 19.0 Å². The number of nitrogens with one attached hydrogen (secondary N) is 2. The van der Waals surface area contributed by atoms with Crippen LogP contribution in [0.15, 0.2) is 61.1 Å². The number of hydrogen-bond acceptors (Lipinski definition) is 6. The first-order chi connectivity index (χ1) is 12.7. The quantitative estimate of drug-likeness (QED) is 0.680. The van der Waals surface area contributed by atoms with Crippen molar-refractivity contribution < 1.29 is 9.53 Å². The average Bonchev–Trinajstić information content (AvgIpc) is 2.72. The number of methoxy groups -OCH3 is 1. The van der Waals surface area contributed by atoms with Crippen molar-refractivity contribution in [3.05, 3.63) is 66.7 Å². The highest BCUT2D eigenvalue weighted by atomic mass is 16.5. The predicted octanol–water partition coefficient (Wildman–Crippen LogP) is 2.28. The number of carbonyl (C=O) groups is 1. The number of hydrogen-bond donors (Lipinski definition) is 2. The van der Waals surface area contributed by atoms with E-state index >= 15 is 0 Å². The lowest BCUT2D eigenvalue weighted by Gasteiger charge is -2.08. The summed E-state index contributed by atoms with van der Waals surface area (Å²) in [5, 5.41) is 5.81. The Bertz CT molecular complexity index is 853. The van der Waals surface area contributed by atoms with Crippen molar-refractivity contribution in [1.29, 1.82) is 0 Å². The molecule has 1 amide bonds. The third-order valence-electron chi connectivity index (χ3n) is 3.68. The molecule has 0 unspecified atom stereocenters. The number of anilines is 1. The number of ether oxygens (including phenoxy) is 1. The predicted molar refractivity (Wildman–Crippen MR) is 98.6 cm³/mol. The molecule has 3 rings (SSSR count). The van der Waals surface area contributed by atoms with Gasteiger partial charge in [0, 0.05) is 17.8 Å². The summed E-state index contributed by atoms with van der Waals surface area (Å²) in [6.07, 6.45) is 3.16. The van der Waals surface area contributed by atoms with Gasteiger partial charge in [0.1, 0.15) is 17.9 Å². The van der Waals surface area contributed by atoms with Crippen molar-refractivity contribution in [2.24, 2.45) is 0 Å². The molecule has 0 spiro atoms. The molecule has 2 N–H and O–H groups in total. The lowest BCUT2D eigenvalue weighted by Crippen LogP contribution is -2.29. The molecule has 7 nitrogen and oxygen atoms in total.